The van der Waals surface area contributed by atoms with Crippen LogP contribution in [-0.2, 0) is 14.4 Å². The van der Waals surface area contributed by atoms with Gasteiger partial charge in [0.25, 0.3) is 0 Å². The lowest BCUT2D eigenvalue weighted by Gasteiger charge is -2.27. The minimum atomic E-state index is -0.792. The maximum absolute atomic E-state index is 12.7. The van der Waals surface area contributed by atoms with Gasteiger partial charge in [-0.15, -0.1) is 0 Å². The quantitative estimate of drug-likeness (QED) is 0.561. The minimum absolute atomic E-state index is 0.109. The number of nitrogens with one attached hydrogen (secondary N) is 1. The maximum atomic E-state index is 12.7. The Morgan fingerprint density at radius 3 is 2.17 bits per heavy atom. The molecule has 0 bridgehead atoms. The SMILES string of the molecule is CC(C)CC(C(=O)NCC(C)O)N1C(=O)C2CC=CCC2C1=O. The first kappa shape index (κ1) is 17.7. The van der Waals surface area contributed by atoms with Crippen LogP contribution in [0.2, 0.25) is 0 Å². The van der Waals surface area contributed by atoms with Crippen molar-refractivity contribution in [3.63, 3.8) is 0 Å². The average Bonchev–Trinajstić information content (AvgIpc) is 2.74. The van der Waals surface area contributed by atoms with E-state index in [0.29, 0.717) is 19.3 Å². The van der Waals surface area contributed by atoms with E-state index in [1.54, 1.807) is 6.92 Å². The third kappa shape index (κ3) is 3.80. The highest BCUT2D eigenvalue weighted by molar-refractivity contribution is 6.08. The Labute approximate surface area is 136 Å². The van der Waals surface area contributed by atoms with Crippen LogP contribution in [0, 0.1) is 17.8 Å². The number of rotatable bonds is 6. The van der Waals surface area contributed by atoms with Gasteiger partial charge < -0.3 is 10.4 Å². The summed E-state index contributed by atoms with van der Waals surface area (Å²) in [7, 11) is 0. The van der Waals surface area contributed by atoms with Gasteiger partial charge in [0.15, 0.2) is 0 Å². The van der Waals surface area contributed by atoms with E-state index < -0.39 is 12.1 Å². The number of hydrogen-bond acceptors (Lipinski definition) is 4. The molecule has 2 N–H and O–H groups in total. The lowest BCUT2D eigenvalue weighted by atomic mass is 9.85. The van der Waals surface area contributed by atoms with Crippen molar-refractivity contribution in [1.82, 2.24) is 10.2 Å². The van der Waals surface area contributed by atoms with Gasteiger partial charge in [-0.3, -0.25) is 19.3 Å². The van der Waals surface area contributed by atoms with Gasteiger partial charge in [-0.25, -0.2) is 0 Å². The number of hydrogen-bond donors (Lipinski definition) is 2. The zero-order chi connectivity index (χ0) is 17.1. The molecule has 3 amide bonds. The molecular weight excluding hydrogens is 296 g/mol. The number of carbonyl (C=O) groups excluding carboxylic acids is 3. The molecule has 0 aromatic heterocycles. The predicted molar refractivity (Wildman–Crippen MR) is 85.1 cm³/mol. The molecule has 1 fully saturated rings. The Hall–Kier alpha value is -1.69. The van der Waals surface area contributed by atoms with E-state index >= 15 is 0 Å². The molecule has 6 heteroatoms. The van der Waals surface area contributed by atoms with Crippen LogP contribution in [0.1, 0.15) is 40.0 Å². The molecular formula is C17H26N2O4. The molecule has 128 valence electrons. The van der Waals surface area contributed by atoms with E-state index in [1.807, 2.05) is 26.0 Å². The van der Waals surface area contributed by atoms with Crippen LogP contribution in [0.3, 0.4) is 0 Å². The van der Waals surface area contributed by atoms with Gasteiger partial charge in [0.05, 0.1) is 17.9 Å². The normalized spacial score (nSPS) is 26.4. The van der Waals surface area contributed by atoms with E-state index in [2.05, 4.69) is 5.32 Å². The molecule has 0 aromatic carbocycles. The number of aliphatic hydroxyl groups excluding tert-OH is 1. The van der Waals surface area contributed by atoms with Crippen LogP contribution in [-0.4, -0.2) is 46.4 Å². The summed E-state index contributed by atoms with van der Waals surface area (Å²) in [5.74, 6) is -1.32. The van der Waals surface area contributed by atoms with Crippen molar-refractivity contribution in [2.75, 3.05) is 6.54 Å². The fraction of sp³-hybridized carbons (Fsp3) is 0.706. The Morgan fingerprint density at radius 1 is 1.22 bits per heavy atom. The predicted octanol–water partition coefficient (Wildman–Crippen LogP) is 0.849. The van der Waals surface area contributed by atoms with Crippen LogP contribution in [0.4, 0.5) is 0 Å². The summed E-state index contributed by atoms with van der Waals surface area (Å²) < 4.78 is 0. The second kappa shape index (κ2) is 7.25. The van der Waals surface area contributed by atoms with Gasteiger partial charge >= 0.3 is 0 Å². The Balaban J connectivity index is 2.19. The Morgan fingerprint density at radius 2 is 1.74 bits per heavy atom. The molecule has 1 aliphatic carbocycles. The molecule has 0 aromatic rings. The van der Waals surface area contributed by atoms with Gasteiger partial charge in [0.1, 0.15) is 6.04 Å². The average molecular weight is 322 g/mol. The van der Waals surface area contributed by atoms with Gasteiger partial charge in [0.2, 0.25) is 17.7 Å². The summed E-state index contributed by atoms with van der Waals surface area (Å²) in [5, 5.41) is 12.0. The van der Waals surface area contributed by atoms with Crippen LogP contribution in [0.25, 0.3) is 0 Å². The van der Waals surface area contributed by atoms with Crippen molar-refractivity contribution in [2.45, 2.75) is 52.2 Å². The Kier molecular flexibility index (Phi) is 5.57. The molecule has 4 unspecified atom stereocenters. The number of carbonyl (C=O) groups is 3. The molecule has 1 saturated heterocycles. The molecule has 0 saturated carbocycles. The first-order valence-electron chi connectivity index (χ1n) is 8.30. The summed E-state index contributed by atoms with van der Waals surface area (Å²) in [4.78, 5) is 39.0. The molecule has 4 atom stereocenters. The Bertz CT molecular complexity index is 487. The van der Waals surface area contributed by atoms with Gasteiger partial charge in [-0.1, -0.05) is 26.0 Å². The third-order valence-corrected chi connectivity index (χ3v) is 4.42. The van der Waals surface area contributed by atoms with Gasteiger partial charge in [0, 0.05) is 6.54 Å². The summed E-state index contributed by atoms with van der Waals surface area (Å²) in [6, 6.07) is -0.792. The number of imide groups is 1. The fourth-order valence-corrected chi connectivity index (χ4v) is 3.28. The molecule has 1 heterocycles. The molecule has 6 nitrogen and oxygen atoms in total. The summed E-state index contributed by atoms with van der Waals surface area (Å²) >= 11 is 0. The van der Waals surface area contributed by atoms with Gasteiger partial charge in [-0.05, 0) is 32.1 Å². The number of amides is 3. The highest BCUT2D eigenvalue weighted by Crippen LogP contribution is 2.37. The minimum Gasteiger partial charge on any atom is -0.392 e. The number of nitrogens with zero attached hydrogens (tertiary/aromatic N) is 1. The molecule has 1 aliphatic heterocycles. The number of aliphatic hydroxyl groups is 1. The van der Waals surface area contributed by atoms with Crippen molar-refractivity contribution < 1.29 is 19.5 Å². The van der Waals surface area contributed by atoms with Crippen molar-refractivity contribution in [3.05, 3.63) is 12.2 Å². The van der Waals surface area contributed by atoms with Crippen molar-refractivity contribution in [2.24, 2.45) is 17.8 Å². The van der Waals surface area contributed by atoms with Crippen molar-refractivity contribution in [3.8, 4) is 0 Å². The zero-order valence-electron chi connectivity index (χ0n) is 14.0. The monoisotopic (exact) mass is 322 g/mol. The third-order valence-electron chi connectivity index (χ3n) is 4.42. The van der Waals surface area contributed by atoms with E-state index in [9.17, 15) is 19.5 Å². The zero-order valence-corrected chi connectivity index (χ0v) is 14.0. The lowest BCUT2D eigenvalue weighted by molar-refractivity contribution is -0.148. The number of likely N-dealkylation sites (tertiary alicyclic amines) is 1. The summed E-state index contributed by atoms with van der Waals surface area (Å²) in [5.41, 5.74) is 0. The fourth-order valence-electron chi connectivity index (χ4n) is 3.28. The molecule has 0 radical (unpaired) electrons. The van der Waals surface area contributed by atoms with Crippen molar-refractivity contribution >= 4 is 17.7 Å². The number of fused-ring (bicyclic) bond motifs is 1. The van der Waals surface area contributed by atoms with Crippen molar-refractivity contribution in [1.29, 1.82) is 0 Å². The van der Waals surface area contributed by atoms with Crippen LogP contribution in [0.5, 0.6) is 0 Å². The van der Waals surface area contributed by atoms with Crippen LogP contribution >= 0.6 is 0 Å². The lowest BCUT2D eigenvalue weighted by Crippen LogP contribution is -2.51. The van der Waals surface area contributed by atoms with E-state index in [-0.39, 0.29) is 42.0 Å². The smallest absolute Gasteiger partial charge is 0.243 e. The summed E-state index contributed by atoms with van der Waals surface area (Å²) in [6.07, 6.45) is 4.75. The maximum Gasteiger partial charge on any atom is 0.243 e. The molecule has 23 heavy (non-hydrogen) atoms. The van der Waals surface area contributed by atoms with E-state index in [0.717, 1.165) is 0 Å². The first-order chi connectivity index (χ1) is 10.8. The molecule has 2 aliphatic rings. The molecule has 0 spiro atoms. The topological polar surface area (TPSA) is 86.7 Å². The van der Waals surface area contributed by atoms with E-state index in [1.165, 1.54) is 4.90 Å². The van der Waals surface area contributed by atoms with Crippen LogP contribution < -0.4 is 5.32 Å². The first-order valence-corrected chi connectivity index (χ1v) is 8.30. The van der Waals surface area contributed by atoms with Crippen LogP contribution in [0.15, 0.2) is 12.2 Å². The summed E-state index contributed by atoms with van der Waals surface area (Å²) in [6.45, 7) is 5.59. The van der Waals surface area contributed by atoms with E-state index in [4.69, 9.17) is 0 Å². The highest BCUT2D eigenvalue weighted by atomic mass is 16.3. The second-order valence-corrected chi connectivity index (χ2v) is 6.94. The molecule has 2 rings (SSSR count). The highest BCUT2D eigenvalue weighted by Gasteiger charge is 2.51. The number of allylic oxidation sites excluding steroid dienone is 2. The standard InChI is InChI=1S/C17H26N2O4/c1-10(2)8-14(15(21)18-9-11(3)20)19-16(22)12-6-4-5-7-13(12)17(19)23/h4-5,10-14,20H,6-9H2,1-3H3,(H,18,21). The second-order valence-electron chi connectivity index (χ2n) is 6.94. The van der Waals surface area contributed by atoms with Gasteiger partial charge in [-0.2, -0.15) is 0 Å². The largest absolute Gasteiger partial charge is 0.392 e.